The summed E-state index contributed by atoms with van der Waals surface area (Å²) in [4.78, 5) is 0. The number of hydrogen-bond donors (Lipinski definition) is 0. The van der Waals surface area contributed by atoms with Gasteiger partial charge in [-0.2, -0.15) is 0 Å². The monoisotopic (exact) mass is 338 g/mol. The van der Waals surface area contributed by atoms with E-state index >= 15 is 0 Å². The van der Waals surface area contributed by atoms with Crippen molar-refractivity contribution < 1.29 is 0 Å². The molecule has 0 aromatic heterocycles. The first kappa shape index (κ1) is 14.3. The van der Waals surface area contributed by atoms with Crippen LogP contribution < -0.4 is 0 Å². The van der Waals surface area contributed by atoms with Gasteiger partial charge >= 0.3 is 0 Å². The van der Waals surface area contributed by atoms with Crippen molar-refractivity contribution in [1.82, 2.24) is 0 Å². The van der Waals surface area contributed by atoms with E-state index in [0.29, 0.717) is 5.92 Å². The Morgan fingerprint density at radius 1 is 0.857 bits per heavy atom. The van der Waals surface area contributed by atoms with Gasteiger partial charge in [-0.3, -0.25) is 0 Å². The Labute approximate surface area is 134 Å². The van der Waals surface area contributed by atoms with E-state index in [1.165, 1.54) is 27.5 Å². The zero-order valence-corrected chi connectivity index (χ0v) is 13.8. The second-order valence-corrected chi connectivity index (χ2v) is 6.20. The van der Waals surface area contributed by atoms with Crippen molar-refractivity contribution in [3.8, 4) is 0 Å². The summed E-state index contributed by atoms with van der Waals surface area (Å²) in [7, 11) is 0. The third-order valence-corrected chi connectivity index (χ3v) is 4.94. The summed E-state index contributed by atoms with van der Waals surface area (Å²) in [5.41, 5.74) is 4.25. The van der Waals surface area contributed by atoms with Crippen LogP contribution in [0.15, 0.2) is 66.7 Å². The van der Waals surface area contributed by atoms with Crippen molar-refractivity contribution in [1.29, 1.82) is 0 Å². The van der Waals surface area contributed by atoms with E-state index in [0.717, 1.165) is 11.8 Å². The molecule has 0 nitrogen and oxygen atoms in total. The van der Waals surface area contributed by atoms with Gasteiger partial charge in [0.05, 0.1) is 0 Å². The van der Waals surface area contributed by atoms with E-state index in [9.17, 15) is 0 Å². The van der Waals surface area contributed by atoms with Crippen LogP contribution in [0, 0.1) is 6.92 Å². The smallest absolute Gasteiger partial charge is 0.0103 e. The van der Waals surface area contributed by atoms with Crippen LogP contribution in [0.5, 0.6) is 0 Å². The highest BCUT2D eigenvalue weighted by molar-refractivity contribution is 9.09. The summed E-state index contributed by atoms with van der Waals surface area (Å²) in [6.45, 7) is 2.20. The van der Waals surface area contributed by atoms with Gasteiger partial charge in [-0.1, -0.05) is 82.7 Å². The van der Waals surface area contributed by atoms with Crippen molar-refractivity contribution >= 4 is 26.7 Å². The SMILES string of the molecule is Cc1ccccc1C(CBr)Cc1cccc2ccccc12. The van der Waals surface area contributed by atoms with Crippen molar-refractivity contribution in [2.24, 2.45) is 0 Å². The van der Waals surface area contributed by atoms with E-state index < -0.39 is 0 Å². The quantitative estimate of drug-likeness (QED) is 0.522. The Hall–Kier alpha value is -1.60. The van der Waals surface area contributed by atoms with Gasteiger partial charge in [-0.25, -0.2) is 0 Å². The number of rotatable bonds is 4. The van der Waals surface area contributed by atoms with Crippen LogP contribution in [-0.2, 0) is 6.42 Å². The molecule has 0 saturated carbocycles. The zero-order chi connectivity index (χ0) is 14.7. The summed E-state index contributed by atoms with van der Waals surface area (Å²) in [5.74, 6) is 0.511. The molecule has 3 rings (SSSR count). The molecule has 106 valence electrons. The summed E-state index contributed by atoms with van der Waals surface area (Å²) >= 11 is 3.71. The molecule has 0 aliphatic carbocycles. The molecular weight excluding hydrogens is 320 g/mol. The lowest BCUT2D eigenvalue weighted by molar-refractivity contribution is 0.773. The maximum atomic E-state index is 3.71. The Morgan fingerprint density at radius 2 is 1.57 bits per heavy atom. The fourth-order valence-electron chi connectivity index (χ4n) is 3.03. The number of alkyl halides is 1. The van der Waals surface area contributed by atoms with Gasteiger partial charge in [0.15, 0.2) is 0 Å². The Kier molecular flexibility index (Phi) is 4.40. The van der Waals surface area contributed by atoms with Crippen LogP contribution in [0.2, 0.25) is 0 Å². The van der Waals surface area contributed by atoms with Gasteiger partial charge in [-0.15, -0.1) is 0 Å². The molecule has 0 bridgehead atoms. The standard InChI is InChI=1S/C20H19Br/c1-15-7-2-4-11-19(15)18(14-21)13-17-10-6-9-16-8-3-5-12-20(16)17/h2-12,18H,13-14H2,1H3. The Balaban J connectivity index is 1.98. The van der Waals surface area contributed by atoms with Crippen LogP contribution in [-0.4, -0.2) is 5.33 Å². The van der Waals surface area contributed by atoms with Crippen LogP contribution in [0.1, 0.15) is 22.6 Å². The highest BCUT2D eigenvalue weighted by atomic mass is 79.9. The van der Waals surface area contributed by atoms with E-state index in [1.54, 1.807) is 0 Å². The largest absolute Gasteiger partial charge is 0.0921 e. The summed E-state index contributed by atoms with van der Waals surface area (Å²) in [6, 6.07) is 24.0. The second kappa shape index (κ2) is 6.44. The molecule has 3 aromatic carbocycles. The maximum Gasteiger partial charge on any atom is 0.0103 e. The van der Waals surface area contributed by atoms with Crippen molar-refractivity contribution in [2.45, 2.75) is 19.3 Å². The van der Waals surface area contributed by atoms with Crippen molar-refractivity contribution in [3.63, 3.8) is 0 Å². The second-order valence-electron chi connectivity index (χ2n) is 5.55. The topological polar surface area (TPSA) is 0 Å². The number of benzene rings is 3. The molecule has 0 N–H and O–H groups in total. The van der Waals surface area contributed by atoms with Crippen LogP contribution in [0.3, 0.4) is 0 Å². The normalized spacial score (nSPS) is 12.5. The van der Waals surface area contributed by atoms with Gasteiger partial charge in [0.2, 0.25) is 0 Å². The molecule has 21 heavy (non-hydrogen) atoms. The van der Waals surface area contributed by atoms with Gasteiger partial charge in [0.1, 0.15) is 0 Å². The minimum atomic E-state index is 0.511. The molecule has 1 heteroatoms. The highest BCUT2D eigenvalue weighted by Crippen LogP contribution is 2.29. The van der Waals surface area contributed by atoms with Gasteiger partial charge < -0.3 is 0 Å². The van der Waals surface area contributed by atoms with Crippen LogP contribution in [0.25, 0.3) is 10.8 Å². The lowest BCUT2D eigenvalue weighted by Crippen LogP contribution is -2.06. The third kappa shape index (κ3) is 3.03. The number of fused-ring (bicyclic) bond motifs is 1. The summed E-state index contributed by atoms with van der Waals surface area (Å²) in [6.07, 6.45) is 1.07. The molecule has 0 amide bonds. The van der Waals surface area contributed by atoms with Crippen molar-refractivity contribution in [2.75, 3.05) is 5.33 Å². The minimum Gasteiger partial charge on any atom is -0.0921 e. The molecule has 0 saturated heterocycles. The lowest BCUT2D eigenvalue weighted by Gasteiger charge is -2.18. The van der Waals surface area contributed by atoms with Crippen LogP contribution >= 0.6 is 15.9 Å². The molecule has 1 unspecified atom stereocenters. The third-order valence-electron chi connectivity index (χ3n) is 4.16. The minimum absolute atomic E-state index is 0.511. The number of halogens is 1. The molecule has 1 atom stereocenters. The zero-order valence-electron chi connectivity index (χ0n) is 12.2. The van der Waals surface area contributed by atoms with Gasteiger partial charge in [-0.05, 0) is 46.7 Å². The predicted molar refractivity (Wildman–Crippen MR) is 95.4 cm³/mol. The van der Waals surface area contributed by atoms with Gasteiger partial charge in [0.25, 0.3) is 0 Å². The predicted octanol–water partition coefficient (Wildman–Crippen LogP) is 5.87. The maximum absolute atomic E-state index is 3.71. The van der Waals surface area contributed by atoms with E-state index in [2.05, 4.69) is 89.6 Å². The van der Waals surface area contributed by atoms with E-state index in [1.807, 2.05) is 0 Å². The molecule has 0 radical (unpaired) electrons. The first-order valence-electron chi connectivity index (χ1n) is 7.37. The average Bonchev–Trinajstić information content (AvgIpc) is 2.53. The number of hydrogen-bond acceptors (Lipinski definition) is 0. The lowest BCUT2D eigenvalue weighted by atomic mass is 9.89. The molecule has 0 heterocycles. The highest BCUT2D eigenvalue weighted by Gasteiger charge is 2.14. The Bertz CT molecular complexity index is 740. The molecule has 0 spiro atoms. The summed E-state index contributed by atoms with van der Waals surface area (Å²) < 4.78 is 0. The molecule has 0 aliphatic rings. The molecular formula is C20H19Br. The van der Waals surface area contributed by atoms with Crippen molar-refractivity contribution in [3.05, 3.63) is 83.4 Å². The summed E-state index contributed by atoms with van der Waals surface area (Å²) in [5, 5.41) is 3.69. The molecule has 0 fully saturated rings. The van der Waals surface area contributed by atoms with E-state index in [4.69, 9.17) is 0 Å². The van der Waals surface area contributed by atoms with Crippen LogP contribution in [0.4, 0.5) is 0 Å². The first-order valence-corrected chi connectivity index (χ1v) is 8.50. The molecule has 0 aliphatic heterocycles. The Morgan fingerprint density at radius 3 is 2.38 bits per heavy atom. The first-order chi connectivity index (χ1) is 10.3. The van der Waals surface area contributed by atoms with Gasteiger partial charge in [0, 0.05) is 5.33 Å². The van der Waals surface area contributed by atoms with E-state index in [-0.39, 0.29) is 0 Å². The average molecular weight is 339 g/mol. The fourth-order valence-corrected chi connectivity index (χ4v) is 3.61. The fraction of sp³-hybridized carbons (Fsp3) is 0.200. The number of aryl methyl sites for hydroxylation is 1. The molecule has 3 aromatic rings.